The van der Waals surface area contributed by atoms with Crippen LogP contribution in [-0.4, -0.2) is 12.7 Å². The van der Waals surface area contributed by atoms with Crippen LogP contribution in [0.5, 0.6) is 0 Å². The first-order chi connectivity index (χ1) is 8.89. The van der Waals surface area contributed by atoms with Crippen LogP contribution in [0.25, 0.3) is 0 Å². The maximum Gasteiger partial charge on any atom is -1.00 e. The Morgan fingerprint density at radius 1 is 1.24 bits per heavy atom. The molecule has 0 aliphatic heterocycles. The second-order valence-electron chi connectivity index (χ2n) is 6.45. The fourth-order valence-electron chi connectivity index (χ4n) is 3.07. The van der Waals surface area contributed by atoms with Gasteiger partial charge in [-0.3, -0.25) is 0 Å². The molecule has 0 bridgehead atoms. The Labute approximate surface area is 153 Å². The standard InChI is InChI=1S/C17H23O.2ClH.Ti/c1-16(2,3)15-11-7-8-12-17(15,18-4)13-14-9-5-6-10-14;;;/h5,7-9,11H,6,12-13H2,1-4H3;2*1H;/q;;;+2/p-2. The molecule has 0 radical (unpaired) electrons. The van der Waals surface area contributed by atoms with Crippen LogP contribution in [0.1, 0.15) is 40.0 Å². The van der Waals surface area contributed by atoms with Crippen molar-refractivity contribution in [2.45, 2.75) is 45.6 Å². The van der Waals surface area contributed by atoms with Gasteiger partial charge in [0, 0.05) is 0 Å². The summed E-state index contributed by atoms with van der Waals surface area (Å²) in [5.41, 5.74) is 2.83. The smallest absolute Gasteiger partial charge is 1.00 e. The summed E-state index contributed by atoms with van der Waals surface area (Å²) in [4.78, 5) is 0. The predicted molar refractivity (Wildman–Crippen MR) is 76.4 cm³/mol. The van der Waals surface area contributed by atoms with Gasteiger partial charge in [-0.05, 0) is 0 Å². The molecule has 0 aromatic carbocycles. The van der Waals surface area contributed by atoms with E-state index < -0.39 is 0 Å². The summed E-state index contributed by atoms with van der Waals surface area (Å²) in [5, 5.41) is 0. The molecule has 21 heavy (non-hydrogen) atoms. The maximum atomic E-state index is 6.04. The Morgan fingerprint density at radius 2 is 1.90 bits per heavy atom. The van der Waals surface area contributed by atoms with Gasteiger partial charge >= 0.3 is 129 Å². The minimum Gasteiger partial charge on any atom is -1.00 e. The monoisotopic (exact) mass is 361 g/mol. The Kier molecular flexibility index (Phi) is 8.26. The van der Waals surface area contributed by atoms with Crippen molar-refractivity contribution < 1.29 is 50.0 Å². The van der Waals surface area contributed by atoms with Gasteiger partial charge in [0.1, 0.15) is 0 Å². The normalized spacial score (nSPS) is 24.6. The summed E-state index contributed by atoms with van der Waals surface area (Å²) >= 11 is 2.23. The van der Waals surface area contributed by atoms with Gasteiger partial charge in [0.25, 0.3) is 0 Å². The second kappa shape index (κ2) is 8.17. The molecule has 115 valence electrons. The summed E-state index contributed by atoms with van der Waals surface area (Å²) in [6, 6.07) is 0. The molecule has 0 heterocycles. The van der Waals surface area contributed by atoms with E-state index in [9.17, 15) is 0 Å². The SMILES string of the molecule is COC1(CC2=[C]([Ti+2])CC=C2)CC=CC=C1C(C)(C)C.[Cl-].[Cl-]. The third-order valence-electron chi connectivity index (χ3n) is 4.04. The average molecular weight is 362 g/mol. The van der Waals surface area contributed by atoms with E-state index in [0.717, 1.165) is 19.3 Å². The Hall–Kier alpha value is 0.214. The summed E-state index contributed by atoms with van der Waals surface area (Å²) < 4.78 is 7.53. The first kappa shape index (κ1) is 21.2. The maximum absolute atomic E-state index is 6.04. The molecule has 0 saturated carbocycles. The molecular formula is C17H23Cl2OTi. The number of halogens is 2. The summed E-state index contributed by atoms with van der Waals surface area (Å²) in [6.07, 6.45) is 14.2. The third kappa shape index (κ3) is 4.59. The number of rotatable bonds is 3. The van der Waals surface area contributed by atoms with Crippen LogP contribution in [-0.2, 0) is 25.2 Å². The predicted octanol–water partition coefficient (Wildman–Crippen LogP) is -1.54. The van der Waals surface area contributed by atoms with E-state index in [1.54, 1.807) is 0 Å². The zero-order valence-corrected chi connectivity index (χ0v) is 16.2. The molecule has 1 nitrogen and oxygen atoms in total. The topological polar surface area (TPSA) is 9.23 Å². The summed E-state index contributed by atoms with van der Waals surface area (Å²) in [6.45, 7) is 6.83. The largest absolute Gasteiger partial charge is 1.00 e. The molecule has 2 aliphatic carbocycles. The van der Waals surface area contributed by atoms with Crippen LogP contribution < -0.4 is 24.8 Å². The van der Waals surface area contributed by atoms with Gasteiger partial charge in [0.05, 0.1) is 0 Å². The van der Waals surface area contributed by atoms with Crippen LogP contribution in [0.15, 0.2) is 45.4 Å². The fourth-order valence-corrected chi connectivity index (χ4v) is 3.53. The van der Waals surface area contributed by atoms with Gasteiger partial charge in [0.15, 0.2) is 0 Å². The quantitative estimate of drug-likeness (QED) is 0.554. The second-order valence-corrected chi connectivity index (χ2v) is 7.39. The van der Waals surface area contributed by atoms with Crippen molar-refractivity contribution in [1.82, 2.24) is 0 Å². The molecule has 1 unspecified atom stereocenters. The van der Waals surface area contributed by atoms with Crippen LogP contribution in [0, 0.1) is 5.41 Å². The van der Waals surface area contributed by atoms with E-state index in [0.29, 0.717) is 0 Å². The summed E-state index contributed by atoms with van der Waals surface area (Å²) in [7, 11) is 1.85. The zero-order chi connectivity index (χ0) is 14.1. The van der Waals surface area contributed by atoms with Crippen LogP contribution >= 0.6 is 0 Å². The van der Waals surface area contributed by atoms with E-state index in [-0.39, 0.29) is 35.8 Å². The van der Waals surface area contributed by atoms with Crippen LogP contribution in [0.2, 0.25) is 0 Å². The van der Waals surface area contributed by atoms with E-state index in [4.69, 9.17) is 4.74 Å². The Balaban J connectivity index is 0.00000200. The van der Waals surface area contributed by atoms with Gasteiger partial charge in [-0.2, -0.15) is 0 Å². The van der Waals surface area contributed by atoms with Crippen LogP contribution in [0.3, 0.4) is 0 Å². The van der Waals surface area contributed by atoms with E-state index in [2.05, 4.69) is 71.6 Å². The molecule has 2 rings (SSSR count). The third-order valence-corrected chi connectivity index (χ3v) is 4.86. The molecule has 0 aromatic heterocycles. The number of ether oxygens (including phenoxy) is 1. The number of allylic oxidation sites excluding steroid dienone is 5. The van der Waals surface area contributed by atoms with Crippen molar-refractivity contribution >= 4 is 0 Å². The van der Waals surface area contributed by atoms with E-state index in [1.807, 2.05) is 7.11 Å². The molecule has 0 amide bonds. The number of methoxy groups -OCH3 is 1. The molecule has 0 fully saturated rings. The van der Waals surface area contributed by atoms with Gasteiger partial charge in [0.2, 0.25) is 0 Å². The van der Waals surface area contributed by atoms with Crippen molar-refractivity contribution in [3.05, 3.63) is 45.4 Å². The van der Waals surface area contributed by atoms with E-state index in [1.165, 1.54) is 15.0 Å². The average Bonchev–Trinajstić information content (AvgIpc) is 2.74. The van der Waals surface area contributed by atoms with Crippen molar-refractivity contribution in [3.63, 3.8) is 0 Å². The Morgan fingerprint density at radius 3 is 2.38 bits per heavy atom. The van der Waals surface area contributed by atoms with Gasteiger partial charge < -0.3 is 24.8 Å². The van der Waals surface area contributed by atoms with Gasteiger partial charge in [-0.1, -0.05) is 0 Å². The molecule has 1 atom stereocenters. The molecule has 2 aliphatic rings. The van der Waals surface area contributed by atoms with Crippen molar-refractivity contribution in [1.29, 1.82) is 0 Å². The van der Waals surface area contributed by atoms with Crippen LogP contribution in [0.4, 0.5) is 0 Å². The fraction of sp³-hybridized carbons (Fsp3) is 0.529. The minimum atomic E-state index is -0.168. The van der Waals surface area contributed by atoms with Gasteiger partial charge in [-0.25, -0.2) is 0 Å². The van der Waals surface area contributed by atoms with Crippen molar-refractivity contribution in [3.8, 4) is 0 Å². The summed E-state index contributed by atoms with van der Waals surface area (Å²) in [5.74, 6) is 0. The zero-order valence-electron chi connectivity index (χ0n) is 13.2. The van der Waals surface area contributed by atoms with Gasteiger partial charge in [-0.15, -0.1) is 0 Å². The van der Waals surface area contributed by atoms with E-state index >= 15 is 0 Å². The van der Waals surface area contributed by atoms with Crippen molar-refractivity contribution in [2.24, 2.45) is 5.41 Å². The first-order valence-corrected chi connectivity index (χ1v) is 7.70. The molecule has 0 N–H and O–H groups in total. The molecule has 4 heteroatoms. The molecule has 0 spiro atoms. The molecule has 0 saturated heterocycles. The molecule has 0 aromatic rings. The minimum absolute atomic E-state index is 0. The first-order valence-electron chi connectivity index (χ1n) is 6.92. The number of hydrogen-bond acceptors (Lipinski definition) is 1. The van der Waals surface area contributed by atoms with Crippen molar-refractivity contribution in [2.75, 3.05) is 7.11 Å². The Bertz CT molecular complexity index is 484. The number of hydrogen-bond donors (Lipinski definition) is 0. The molecular weight excluding hydrogens is 339 g/mol.